The Kier molecular flexibility index (Phi) is 6.38. The van der Waals surface area contributed by atoms with Crippen molar-refractivity contribution in [3.8, 4) is 0 Å². The van der Waals surface area contributed by atoms with E-state index >= 15 is 0 Å². The number of hydrogen-bond donors (Lipinski definition) is 2. The number of benzene rings is 1. The summed E-state index contributed by atoms with van der Waals surface area (Å²) in [6.45, 7) is 1.68. The van der Waals surface area contributed by atoms with Crippen LogP contribution in [0.1, 0.15) is 29.6 Å². The lowest BCUT2D eigenvalue weighted by atomic mass is 10.0. The van der Waals surface area contributed by atoms with Crippen LogP contribution in [-0.4, -0.2) is 64.3 Å². The van der Waals surface area contributed by atoms with Crippen LogP contribution in [0, 0.1) is 0 Å². The number of piperidine rings is 1. The monoisotopic (exact) mass is 483 g/mol. The summed E-state index contributed by atoms with van der Waals surface area (Å²) in [6.07, 6.45) is 3.20. The first-order valence-corrected chi connectivity index (χ1v) is 14.3. The number of rotatable bonds is 6. The number of sulfone groups is 1. The Labute approximate surface area is 186 Å². The van der Waals surface area contributed by atoms with Crippen molar-refractivity contribution in [1.82, 2.24) is 10.2 Å². The second-order valence-electron chi connectivity index (χ2n) is 7.94. The van der Waals surface area contributed by atoms with Gasteiger partial charge in [-0.3, -0.25) is 14.4 Å². The van der Waals surface area contributed by atoms with Gasteiger partial charge in [-0.2, -0.15) is 0 Å². The van der Waals surface area contributed by atoms with E-state index in [0.29, 0.717) is 0 Å². The molecule has 0 spiro atoms. The number of likely N-dealkylation sites (tertiary alicyclic amines) is 1. The minimum atomic E-state index is -3.72. The van der Waals surface area contributed by atoms with E-state index in [1.54, 1.807) is 29.6 Å². The summed E-state index contributed by atoms with van der Waals surface area (Å²) >= 11 is 1.10. The van der Waals surface area contributed by atoms with E-state index < -0.39 is 31.8 Å². The molecule has 2 aliphatic heterocycles. The van der Waals surface area contributed by atoms with Gasteiger partial charge < -0.3 is 5.32 Å². The Morgan fingerprint density at radius 2 is 1.84 bits per heavy atom. The van der Waals surface area contributed by atoms with Gasteiger partial charge in [0.2, 0.25) is 0 Å². The van der Waals surface area contributed by atoms with E-state index in [2.05, 4.69) is 14.9 Å². The molecule has 2 fully saturated rings. The molecule has 0 radical (unpaired) electrons. The van der Waals surface area contributed by atoms with Crippen LogP contribution in [-0.2, 0) is 19.9 Å². The molecular weight excluding hydrogens is 458 g/mol. The smallest absolute Gasteiger partial charge is 0.271 e. The SMILES string of the molecule is O=C(NC1CS(=O)(=O)CC1N1CCCCC1)c1cccc(NS(=O)(=O)c2cccs2)c1. The van der Waals surface area contributed by atoms with E-state index in [-0.39, 0.29) is 33.0 Å². The van der Waals surface area contributed by atoms with E-state index in [4.69, 9.17) is 0 Å². The summed E-state index contributed by atoms with van der Waals surface area (Å²) in [5.74, 6) is -0.440. The number of sulfonamides is 1. The quantitative estimate of drug-likeness (QED) is 0.649. The lowest BCUT2D eigenvalue weighted by molar-refractivity contribution is 0.0900. The Balaban J connectivity index is 1.48. The van der Waals surface area contributed by atoms with Crippen LogP contribution < -0.4 is 10.0 Å². The average molecular weight is 484 g/mol. The van der Waals surface area contributed by atoms with Crippen molar-refractivity contribution < 1.29 is 21.6 Å². The molecule has 8 nitrogen and oxygen atoms in total. The number of nitrogens with zero attached hydrogens (tertiary/aromatic N) is 1. The predicted molar refractivity (Wildman–Crippen MR) is 121 cm³/mol. The topological polar surface area (TPSA) is 113 Å². The lowest BCUT2D eigenvalue weighted by Gasteiger charge is -2.35. The van der Waals surface area contributed by atoms with Gasteiger partial charge in [-0.25, -0.2) is 16.8 Å². The molecular formula is C20H25N3O5S3. The number of hydrogen-bond acceptors (Lipinski definition) is 7. The molecule has 11 heteroatoms. The minimum absolute atomic E-state index is 0.0542. The van der Waals surface area contributed by atoms with Crippen molar-refractivity contribution in [3.05, 3.63) is 47.3 Å². The van der Waals surface area contributed by atoms with Crippen LogP contribution in [0.5, 0.6) is 0 Å². The molecule has 2 saturated heterocycles. The second kappa shape index (κ2) is 8.89. The molecule has 2 N–H and O–H groups in total. The number of amides is 1. The highest BCUT2D eigenvalue weighted by Gasteiger charge is 2.42. The maximum absolute atomic E-state index is 12.9. The molecule has 1 aromatic heterocycles. The highest BCUT2D eigenvalue weighted by molar-refractivity contribution is 7.94. The van der Waals surface area contributed by atoms with Crippen LogP contribution in [0.25, 0.3) is 0 Å². The standard InChI is InChI=1S/C20H25N3O5S3/c24-20(21-17-13-30(25,26)14-18(17)23-9-2-1-3-10-23)15-6-4-7-16(12-15)22-31(27,28)19-8-5-11-29-19/h4-8,11-12,17-18,22H,1-3,9-10,13-14H2,(H,21,24). The van der Waals surface area contributed by atoms with E-state index in [1.807, 2.05) is 0 Å². The molecule has 1 aromatic carbocycles. The summed E-state index contributed by atoms with van der Waals surface area (Å²) in [7, 11) is -6.95. The van der Waals surface area contributed by atoms with Gasteiger partial charge in [0, 0.05) is 17.3 Å². The zero-order chi connectivity index (χ0) is 22.1. The zero-order valence-electron chi connectivity index (χ0n) is 16.9. The second-order valence-corrected chi connectivity index (χ2v) is 12.9. The van der Waals surface area contributed by atoms with Crippen LogP contribution in [0.3, 0.4) is 0 Å². The Bertz CT molecular complexity index is 1140. The van der Waals surface area contributed by atoms with Gasteiger partial charge in [0.05, 0.1) is 17.5 Å². The fraction of sp³-hybridized carbons (Fsp3) is 0.450. The average Bonchev–Trinajstić information content (AvgIpc) is 3.37. The summed E-state index contributed by atoms with van der Waals surface area (Å²) in [5, 5.41) is 4.55. The molecule has 2 atom stereocenters. The number of nitrogens with one attached hydrogen (secondary N) is 2. The fourth-order valence-corrected chi connectivity index (χ4v) is 8.17. The predicted octanol–water partition coefficient (Wildman–Crippen LogP) is 1.93. The molecule has 4 rings (SSSR count). The first-order valence-electron chi connectivity index (χ1n) is 10.2. The van der Waals surface area contributed by atoms with Crippen LogP contribution in [0.2, 0.25) is 0 Å². The molecule has 31 heavy (non-hydrogen) atoms. The fourth-order valence-electron chi connectivity index (χ4n) is 4.17. The van der Waals surface area contributed by atoms with Crippen molar-refractivity contribution in [3.63, 3.8) is 0 Å². The summed E-state index contributed by atoms with van der Waals surface area (Å²) in [5.41, 5.74) is 0.542. The zero-order valence-corrected chi connectivity index (χ0v) is 19.3. The van der Waals surface area contributed by atoms with Crippen molar-refractivity contribution in [2.24, 2.45) is 0 Å². The lowest BCUT2D eigenvalue weighted by Crippen LogP contribution is -2.52. The van der Waals surface area contributed by atoms with Crippen molar-refractivity contribution in [1.29, 1.82) is 0 Å². The molecule has 0 saturated carbocycles. The van der Waals surface area contributed by atoms with Crippen molar-refractivity contribution in [2.75, 3.05) is 29.3 Å². The molecule has 2 unspecified atom stereocenters. The summed E-state index contributed by atoms with van der Waals surface area (Å²) in [4.78, 5) is 15.1. The molecule has 168 valence electrons. The van der Waals surface area contributed by atoms with Crippen molar-refractivity contribution in [2.45, 2.75) is 35.6 Å². The molecule has 2 aliphatic rings. The van der Waals surface area contributed by atoms with Crippen LogP contribution in [0.4, 0.5) is 5.69 Å². The Hall–Kier alpha value is -1.95. The third-order valence-electron chi connectivity index (χ3n) is 5.64. The van der Waals surface area contributed by atoms with Gasteiger partial charge >= 0.3 is 0 Å². The third-order valence-corrected chi connectivity index (χ3v) is 10.1. The normalized spacial score (nSPS) is 24.0. The van der Waals surface area contributed by atoms with Crippen LogP contribution >= 0.6 is 11.3 Å². The van der Waals surface area contributed by atoms with Gasteiger partial charge in [-0.05, 0) is 55.6 Å². The summed E-state index contributed by atoms with van der Waals surface area (Å²) < 4.78 is 52.1. The third kappa shape index (κ3) is 5.28. The van der Waals surface area contributed by atoms with E-state index in [0.717, 1.165) is 43.7 Å². The molecule has 3 heterocycles. The maximum atomic E-state index is 12.9. The number of anilines is 1. The molecule has 0 aliphatic carbocycles. The van der Waals surface area contributed by atoms with Gasteiger partial charge in [-0.1, -0.05) is 18.6 Å². The first-order chi connectivity index (χ1) is 14.7. The van der Waals surface area contributed by atoms with E-state index in [9.17, 15) is 21.6 Å². The molecule has 2 aromatic rings. The largest absolute Gasteiger partial charge is 0.347 e. The van der Waals surface area contributed by atoms with E-state index in [1.165, 1.54) is 12.1 Å². The highest BCUT2D eigenvalue weighted by Crippen LogP contribution is 2.24. The summed E-state index contributed by atoms with van der Waals surface area (Å²) in [6, 6.07) is 8.64. The van der Waals surface area contributed by atoms with Crippen LogP contribution in [0.15, 0.2) is 46.0 Å². The highest BCUT2D eigenvalue weighted by atomic mass is 32.2. The van der Waals surface area contributed by atoms with Gasteiger partial charge in [0.25, 0.3) is 15.9 Å². The van der Waals surface area contributed by atoms with Gasteiger partial charge in [0.1, 0.15) is 4.21 Å². The Morgan fingerprint density at radius 1 is 1.06 bits per heavy atom. The molecule has 0 bridgehead atoms. The number of carbonyl (C=O) groups is 1. The first kappa shape index (κ1) is 22.3. The van der Waals surface area contributed by atoms with Gasteiger partial charge in [0.15, 0.2) is 9.84 Å². The number of carbonyl (C=O) groups excluding carboxylic acids is 1. The number of thiophene rings is 1. The maximum Gasteiger partial charge on any atom is 0.271 e. The Morgan fingerprint density at radius 3 is 2.55 bits per heavy atom. The minimum Gasteiger partial charge on any atom is -0.347 e. The molecule has 1 amide bonds. The van der Waals surface area contributed by atoms with Crippen molar-refractivity contribution >= 4 is 42.8 Å². The van der Waals surface area contributed by atoms with Gasteiger partial charge in [-0.15, -0.1) is 11.3 Å².